The van der Waals surface area contributed by atoms with Crippen molar-refractivity contribution in [1.82, 2.24) is 10.8 Å². The van der Waals surface area contributed by atoms with Crippen LogP contribution in [0.1, 0.15) is 29.3 Å². The zero-order valence-corrected chi connectivity index (χ0v) is 17.0. The van der Waals surface area contributed by atoms with E-state index in [1.165, 1.54) is 36.8 Å². The summed E-state index contributed by atoms with van der Waals surface area (Å²) >= 11 is 0. The summed E-state index contributed by atoms with van der Waals surface area (Å²) in [6, 6.07) is 6.25. The minimum absolute atomic E-state index is 0.0129. The van der Waals surface area contributed by atoms with E-state index in [9.17, 15) is 19.7 Å². The second-order valence-corrected chi connectivity index (χ2v) is 6.70. The first-order valence-electron chi connectivity index (χ1n) is 9.60. The van der Waals surface area contributed by atoms with Crippen molar-refractivity contribution in [2.45, 2.75) is 25.8 Å². The lowest BCUT2D eigenvalue weighted by molar-refractivity contribution is -0.384. The predicted molar refractivity (Wildman–Crippen MR) is 107 cm³/mol. The summed E-state index contributed by atoms with van der Waals surface area (Å²) in [5.41, 5.74) is 2.49. The van der Waals surface area contributed by atoms with Crippen LogP contribution in [0.15, 0.2) is 47.3 Å². The number of carbonyl (C=O) groups excluding carboxylic acids is 2. The second-order valence-electron chi connectivity index (χ2n) is 6.70. The van der Waals surface area contributed by atoms with Crippen molar-refractivity contribution in [1.29, 1.82) is 0 Å². The third-order valence-electron chi connectivity index (χ3n) is 4.48. The van der Waals surface area contributed by atoms with Gasteiger partial charge in [0.05, 0.1) is 30.1 Å². The van der Waals surface area contributed by atoms with Crippen LogP contribution >= 0.6 is 0 Å². The molecule has 0 aliphatic rings. The van der Waals surface area contributed by atoms with Crippen LogP contribution in [-0.2, 0) is 20.7 Å². The molecule has 2 amide bonds. The molecule has 2 rings (SSSR count). The molecule has 0 aliphatic heterocycles. The van der Waals surface area contributed by atoms with E-state index in [1.54, 1.807) is 11.5 Å². The number of non-ortho nitro benzene ring substituents is 1. The van der Waals surface area contributed by atoms with E-state index in [1.807, 2.05) is 6.92 Å². The topological polar surface area (TPSA) is 153 Å². The molecule has 1 heterocycles. The largest absolute Gasteiger partial charge is 0.472 e. The fourth-order valence-corrected chi connectivity index (χ4v) is 2.92. The van der Waals surface area contributed by atoms with Crippen LogP contribution in [-0.4, -0.2) is 48.0 Å². The van der Waals surface area contributed by atoms with Gasteiger partial charge in [0.1, 0.15) is 6.79 Å². The van der Waals surface area contributed by atoms with Gasteiger partial charge in [-0.05, 0) is 43.5 Å². The molecular formula is C20H25N3O8. The second kappa shape index (κ2) is 12.4. The smallest absolute Gasteiger partial charge is 0.269 e. The highest BCUT2D eigenvalue weighted by atomic mass is 16.7. The third kappa shape index (κ3) is 7.81. The molecular weight excluding hydrogens is 410 g/mol. The van der Waals surface area contributed by atoms with E-state index in [0.717, 1.165) is 5.56 Å². The number of benzene rings is 1. The minimum atomic E-state index is -0.680. The number of nitro groups is 1. The maximum Gasteiger partial charge on any atom is 0.269 e. The van der Waals surface area contributed by atoms with Crippen LogP contribution < -0.4 is 10.8 Å². The van der Waals surface area contributed by atoms with Crippen molar-refractivity contribution in [3.05, 3.63) is 64.1 Å². The summed E-state index contributed by atoms with van der Waals surface area (Å²) in [5, 5.41) is 22.7. The van der Waals surface area contributed by atoms with Crippen LogP contribution in [0.5, 0.6) is 0 Å². The number of hydroxylamine groups is 1. The molecule has 168 valence electrons. The van der Waals surface area contributed by atoms with Crippen LogP contribution in [0, 0.1) is 16.0 Å². The third-order valence-corrected chi connectivity index (χ3v) is 4.48. The number of hydrogen-bond donors (Lipinski definition) is 3. The lowest BCUT2D eigenvalue weighted by atomic mass is 9.93. The van der Waals surface area contributed by atoms with Crippen molar-refractivity contribution >= 4 is 17.5 Å². The number of hydrogen-bond acceptors (Lipinski definition) is 8. The molecule has 2 aromatic rings. The summed E-state index contributed by atoms with van der Waals surface area (Å²) in [6.07, 6.45) is 3.40. The van der Waals surface area contributed by atoms with E-state index in [2.05, 4.69) is 5.32 Å². The molecule has 0 spiro atoms. The number of nitro benzene ring substituents is 1. The Bertz CT molecular complexity index is 839. The molecule has 31 heavy (non-hydrogen) atoms. The van der Waals surface area contributed by atoms with Gasteiger partial charge in [0.25, 0.3) is 11.6 Å². The van der Waals surface area contributed by atoms with Gasteiger partial charge >= 0.3 is 0 Å². The number of ether oxygens (including phenoxy) is 2. The Morgan fingerprint density at radius 2 is 1.97 bits per heavy atom. The van der Waals surface area contributed by atoms with Crippen molar-refractivity contribution < 1.29 is 33.6 Å². The molecule has 0 saturated heterocycles. The van der Waals surface area contributed by atoms with Gasteiger partial charge < -0.3 is 19.2 Å². The lowest BCUT2D eigenvalue weighted by Crippen LogP contribution is -2.42. The molecule has 11 nitrogen and oxygen atoms in total. The van der Waals surface area contributed by atoms with Gasteiger partial charge in [0.2, 0.25) is 5.91 Å². The van der Waals surface area contributed by atoms with E-state index in [0.29, 0.717) is 6.61 Å². The molecule has 2 atom stereocenters. The number of furan rings is 1. The molecule has 1 aromatic heterocycles. The summed E-state index contributed by atoms with van der Waals surface area (Å²) in [6.45, 7) is 2.33. The Balaban J connectivity index is 2.10. The molecule has 2 unspecified atom stereocenters. The average Bonchev–Trinajstić information content (AvgIpc) is 3.28. The highest BCUT2D eigenvalue weighted by molar-refractivity contribution is 5.94. The number of rotatable bonds is 13. The monoisotopic (exact) mass is 435 g/mol. The molecule has 0 bridgehead atoms. The minimum Gasteiger partial charge on any atom is -0.472 e. The summed E-state index contributed by atoms with van der Waals surface area (Å²) in [5.74, 6) is -1.77. The van der Waals surface area contributed by atoms with Crippen molar-refractivity contribution in [2.24, 2.45) is 5.92 Å². The first kappa shape index (κ1) is 24.0. The summed E-state index contributed by atoms with van der Waals surface area (Å²) in [4.78, 5) is 35.0. The van der Waals surface area contributed by atoms with Crippen LogP contribution in [0.25, 0.3) is 0 Å². The Hall–Kier alpha value is -3.28. The lowest BCUT2D eigenvalue weighted by Gasteiger charge is -2.23. The van der Waals surface area contributed by atoms with Gasteiger partial charge in [-0.15, -0.1) is 0 Å². The maximum absolute atomic E-state index is 12.6. The molecule has 1 aromatic carbocycles. The highest BCUT2D eigenvalue weighted by Gasteiger charge is 2.25. The van der Waals surface area contributed by atoms with Crippen molar-refractivity contribution in [3.63, 3.8) is 0 Å². The average molecular weight is 435 g/mol. The predicted octanol–water partition coefficient (Wildman–Crippen LogP) is 2.05. The van der Waals surface area contributed by atoms with E-state index in [4.69, 9.17) is 19.1 Å². The Kier molecular flexibility index (Phi) is 9.62. The van der Waals surface area contributed by atoms with E-state index >= 15 is 0 Å². The molecule has 0 aliphatic carbocycles. The number of nitrogens with zero attached hydrogens (tertiary/aromatic N) is 1. The van der Waals surface area contributed by atoms with Crippen LogP contribution in [0.2, 0.25) is 0 Å². The normalized spacial score (nSPS) is 12.7. The SMILES string of the molecule is CCOCOCC(CC(Cc1ccoc1)C(=O)NO)NC(=O)c1ccc([N+](=O)[O-])cc1. The Morgan fingerprint density at radius 1 is 1.23 bits per heavy atom. The fourth-order valence-electron chi connectivity index (χ4n) is 2.92. The maximum atomic E-state index is 12.6. The Morgan fingerprint density at radius 3 is 2.55 bits per heavy atom. The van der Waals surface area contributed by atoms with E-state index in [-0.39, 0.29) is 37.5 Å². The van der Waals surface area contributed by atoms with Crippen LogP contribution in [0.4, 0.5) is 5.69 Å². The van der Waals surface area contributed by atoms with Crippen molar-refractivity contribution in [2.75, 3.05) is 20.0 Å². The number of nitrogens with one attached hydrogen (secondary N) is 2. The highest BCUT2D eigenvalue weighted by Crippen LogP contribution is 2.17. The molecule has 0 saturated carbocycles. The van der Waals surface area contributed by atoms with Crippen molar-refractivity contribution in [3.8, 4) is 0 Å². The first-order chi connectivity index (χ1) is 14.9. The van der Waals surface area contributed by atoms with Crippen LogP contribution in [0.3, 0.4) is 0 Å². The molecule has 0 radical (unpaired) electrons. The fraction of sp³-hybridized carbons (Fsp3) is 0.400. The van der Waals surface area contributed by atoms with Gasteiger partial charge in [0.15, 0.2) is 0 Å². The van der Waals surface area contributed by atoms with E-state index < -0.39 is 28.7 Å². The summed E-state index contributed by atoms with van der Waals surface area (Å²) in [7, 11) is 0. The first-order valence-corrected chi connectivity index (χ1v) is 9.60. The van der Waals surface area contributed by atoms with Gasteiger partial charge in [-0.2, -0.15) is 0 Å². The van der Waals surface area contributed by atoms with Gasteiger partial charge in [-0.25, -0.2) is 5.48 Å². The van der Waals surface area contributed by atoms with Gasteiger partial charge in [0, 0.05) is 30.2 Å². The zero-order chi connectivity index (χ0) is 22.6. The number of carbonyl (C=O) groups is 2. The van der Waals surface area contributed by atoms with Gasteiger partial charge in [-0.1, -0.05) is 0 Å². The quantitative estimate of drug-likeness (QED) is 0.142. The molecule has 0 fully saturated rings. The zero-order valence-electron chi connectivity index (χ0n) is 17.0. The molecule has 3 N–H and O–H groups in total. The standard InChI is InChI=1S/C20H25N3O8/c1-2-29-13-31-12-17(10-16(20(25)22-26)9-14-7-8-30-11-14)21-19(24)15-3-5-18(6-4-15)23(27)28/h3-8,11,16-17,26H,2,9-10,12-13H2,1H3,(H,21,24)(H,22,25). The summed E-state index contributed by atoms with van der Waals surface area (Å²) < 4.78 is 15.6. The molecule has 11 heteroatoms. The Labute approximate surface area is 178 Å². The number of amides is 2. The van der Waals surface area contributed by atoms with Gasteiger partial charge in [-0.3, -0.25) is 24.9 Å².